The van der Waals surface area contributed by atoms with Crippen LogP contribution in [-0.2, 0) is 6.42 Å². The van der Waals surface area contributed by atoms with Crippen molar-refractivity contribution in [3.63, 3.8) is 0 Å². The summed E-state index contributed by atoms with van der Waals surface area (Å²) < 4.78 is 11.9. The molecule has 2 aromatic carbocycles. The van der Waals surface area contributed by atoms with E-state index in [9.17, 15) is 9.50 Å². The fourth-order valence-electron chi connectivity index (χ4n) is 4.66. The Bertz CT molecular complexity index is 975. The molecule has 3 aromatic rings. The van der Waals surface area contributed by atoms with Crippen molar-refractivity contribution in [3.8, 4) is 0 Å². The Morgan fingerprint density at radius 2 is 1.78 bits per heavy atom. The van der Waals surface area contributed by atoms with Crippen molar-refractivity contribution in [2.45, 2.75) is 38.3 Å². The van der Waals surface area contributed by atoms with Gasteiger partial charge >= 0.3 is 0 Å². The Hall–Kier alpha value is -2.76. The van der Waals surface area contributed by atoms with Crippen LogP contribution in [0.25, 0.3) is 0 Å². The predicted octanol–water partition coefficient (Wildman–Crippen LogP) is 4.84. The summed E-state index contributed by atoms with van der Waals surface area (Å²) in [6.45, 7) is 6.91. The summed E-state index contributed by atoms with van der Waals surface area (Å²) in [5, 5.41) is 10.7. The molecule has 1 saturated heterocycles. The number of likely N-dealkylation sites (tertiary alicyclic amines) is 1. The van der Waals surface area contributed by atoms with Crippen molar-refractivity contribution in [1.82, 2.24) is 9.88 Å². The second kappa shape index (κ2) is 10.7. The molecule has 0 radical (unpaired) electrons. The van der Waals surface area contributed by atoms with Gasteiger partial charge in [-0.1, -0.05) is 43.3 Å². The number of fused-ring (bicyclic) bond motifs is 1. The van der Waals surface area contributed by atoms with Gasteiger partial charge in [-0.25, -0.2) is 4.39 Å². The van der Waals surface area contributed by atoms with Gasteiger partial charge in [0.2, 0.25) is 0 Å². The number of hydrogen-bond acceptors (Lipinski definition) is 4. The molecule has 0 bridgehead atoms. The summed E-state index contributed by atoms with van der Waals surface area (Å²) in [7, 11) is 0. The lowest BCUT2D eigenvalue weighted by atomic mass is 9.99. The van der Waals surface area contributed by atoms with Crippen LogP contribution in [0.5, 0.6) is 0 Å². The lowest BCUT2D eigenvalue weighted by Crippen LogP contribution is -2.44. The topological polar surface area (TPSA) is 39.6 Å². The monoisotopic (exact) mass is 433 g/mol. The van der Waals surface area contributed by atoms with Gasteiger partial charge in [0.1, 0.15) is 11.9 Å². The fourth-order valence-corrected chi connectivity index (χ4v) is 4.66. The molecule has 5 heteroatoms. The van der Waals surface area contributed by atoms with Crippen molar-refractivity contribution >= 4 is 5.69 Å². The zero-order valence-electron chi connectivity index (χ0n) is 18.7. The highest BCUT2D eigenvalue weighted by molar-refractivity contribution is 5.61. The van der Waals surface area contributed by atoms with Crippen LogP contribution >= 0.6 is 0 Å². The van der Waals surface area contributed by atoms with Gasteiger partial charge in [0.15, 0.2) is 0 Å². The number of piperidine rings is 1. The largest absolute Gasteiger partial charge is 0.384 e. The number of aromatic nitrogens is 1. The third kappa shape index (κ3) is 5.34. The van der Waals surface area contributed by atoms with Gasteiger partial charge in [-0.2, -0.15) is 0 Å². The molecular formula is C27H32FN3O. The van der Waals surface area contributed by atoms with Crippen LogP contribution in [0.3, 0.4) is 0 Å². The number of benzene rings is 2. The number of pyridine rings is 1. The molecule has 0 spiro atoms. The summed E-state index contributed by atoms with van der Waals surface area (Å²) in [5.74, 6) is -0.178. The summed E-state index contributed by atoms with van der Waals surface area (Å²) in [6.07, 6.45) is 6.47. The number of aliphatic hydroxyl groups excluding tert-OH is 1. The number of nitrogens with zero attached hydrogens (tertiary/aromatic N) is 3. The third-order valence-electron chi connectivity index (χ3n) is 6.53. The molecule has 0 aliphatic carbocycles. The zero-order valence-corrected chi connectivity index (χ0v) is 18.7. The Labute approximate surface area is 190 Å². The highest BCUT2D eigenvalue weighted by Gasteiger charge is 2.29. The molecule has 0 saturated carbocycles. The molecule has 1 N–H and O–H groups in total. The average Bonchev–Trinajstić information content (AvgIpc) is 3.28. The van der Waals surface area contributed by atoms with E-state index in [1.54, 1.807) is 30.6 Å². The molecule has 0 amide bonds. The van der Waals surface area contributed by atoms with Gasteiger partial charge in [0.05, 0.1) is 0 Å². The van der Waals surface area contributed by atoms with Crippen LogP contribution in [0, 0.1) is 5.82 Å². The van der Waals surface area contributed by atoms with Crippen LogP contribution < -0.4 is 4.90 Å². The lowest BCUT2D eigenvalue weighted by molar-refractivity contribution is 0.218. The number of rotatable bonds is 4. The SMILES string of the molecule is CCN1CCC(N2CCc3ccc(C(O)c4cccnc4)cc32)CC1.Fc1ccccc1. The smallest absolute Gasteiger partial charge is 0.123 e. The Balaban J connectivity index is 0.000000300. The van der Waals surface area contributed by atoms with Gasteiger partial charge in [-0.3, -0.25) is 4.98 Å². The first-order chi connectivity index (χ1) is 15.7. The van der Waals surface area contributed by atoms with E-state index in [1.165, 1.54) is 49.3 Å². The van der Waals surface area contributed by atoms with Crippen LogP contribution in [0.2, 0.25) is 0 Å². The minimum absolute atomic E-state index is 0.178. The first-order valence-corrected chi connectivity index (χ1v) is 11.6. The molecule has 2 aliphatic rings. The first-order valence-electron chi connectivity index (χ1n) is 11.6. The van der Waals surface area contributed by atoms with Gasteiger partial charge in [0, 0.05) is 49.3 Å². The van der Waals surface area contributed by atoms with Gasteiger partial charge in [0.25, 0.3) is 0 Å². The van der Waals surface area contributed by atoms with E-state index in [0.29, 0.717) is 6.04 Å². The fraction of sp³-hybridized carbons (Fsp3) is 0.370. The molecule has 1 unspecified atom stereocenters. The molecule has 4 nitrogen and oxygen atoms in total. The zero-order chi connectivity index (χ0) is 22.3. The normalized spacial score (nSPS) is 17.4. The van der Waals surface area contributed by atoms with E-state index >= 15 is 0 Å². The third-order valence-corrected chi connectivity index (χ3v) is 6.53. The van der Waals surface area contributed by atoms with E-state index in [0.717, 1.165) is 30.6 Å². The first kappa shape index (κ1) is 22.4. The summed E-state index contributed by atoms with van der Waals surface area (Å²) in [4.78, 5) is 9.26. The lowest BCUT2D eigenvalue weighted by Gasteiger charge is -2.37. The standard InChI is InChI=1S/C21H27N3O.C6H5F/c1-2-23-11-8-19(9-12-23)24-13-7-16-5-6-17(14-20(16)24)21(25)18-4-3-10-22-15-18;7-6-4-2-1-3-5-6/h3-6,10,14-15,19,21,25H,2,7-9,11-13H2,1H3;1-5H. The Morgan fingerprint density at radius 1 is 1.00 bits per heavy atom. The van der Waals surface area contributed by atoms with Gasteiger partial charge < -0.3 is 14.9 Å². The highest BCUT2D eigenvalue weighted by Crippen LogP contribution is 2.35. The number of hydrogen-bond donors (Lipinski definition) is 1. The molecule has 1 aromatic heterocycles. The van der Waals surface area contributed by atoms with E-state index in [2.05, 4.69) is 39.9 Å². The molecule has 32 heavy (non-hydrogen) atoms. The number of halogens is 1. The Kier molecular flexibility index (Phi) is 7.51. The van der Waals surface area contributed by atoms with E-state index in [-0.39, 0.29) is 5.82 Å². The second-order valence-corrected chi connectivity index (χ2v) is 8.48. The van der Waals surface area contributed by atoms with Gasteiger partial charge in [-0.15, -0.1) is 0 Å². The summed E-state index contributed by atoms with van der Waals surface area (Å²) in [6, 6.07) is 18.9. The molecule has 168 valence electrons. The van der Waals surface area contributed by atoms with E-state index in [4.69, 9.17) is 0 Å². The van der Waals surface area contributed by atoms with Gasteiger partial charge in [-0.05, 0) is 61.2 Å². The maximum Gasteiger partial charge on any atom is 0.123 e. The van der Waals surface area contributed by atoms with Crippen LogP contribution in [-0.4, -0.2) is 47.2 Å². The predicted molar refractivity (Wildman–Crippen MR) is 127 cm³/mol. The average molecular weight is 434 g/mol. The van der Waals surface area contributed by atoms with Crippen LogP contribution in [0.1, 0.15) is 42.6 Å². The van der Waals surface area contributed by atoms with Crippen LogP contribution in [0.4, 0.5) is 10.1 Å². The second-order valence-electron chi connectivity index (χ2n) is 8.48. The molecule has 3 heterocycles. The van der Waals surface area contributed by atoms with Crippen LogP contribution in [0.15, 0.2) is 73.1 Å². The minimum atomic E-state index is -0.608. The molecule has 1 atom stereocenters. The number of aliphatic hydroxyl groups is 1. The maximum atomic E-state index is 11.9. The van der Waals surface area contributed by atoms with E-state index < -0.39 is 6.10 Å². The molecule has 5 rings (SSSR count). The Morgan fingerprint density at radius 3 is 2.41 bits per heavy atom. The highest BCUT2D eigenvalue weighted by atomic mass is 19.1. The molecule has 1 fully saturated rings. The van der Waals surface area contributed by atoms with Crippen molar-refractivity contribution < 1.29 is 9.50 Å². The summed E-state index contributed by atoms with van der Waals surface area (Å²) in [5.41, 5.74) is 4.56. The van der Waals surface area contributed by atoms with Crippen molar-refractivity contribution in [2.24, 2.45) is 0 Å². The number of anilines is 1. The molecular weight excluding hydrogens is 401 g/mol. The maximum absolute atomic E-state index is 11.9. The van der Waals surface area contributed by atoms with Crippen molar-refractivity contribution in [3.05, 3.63) is 95.6 Å². The quantitative estimate of drug-likeness (QED) is 0.639. The minimum Gasteiger partial charge on any atom is -0.384 e. The van der Waals surface area contributed by atoms with E-state index in [1.807, 2.05) is 12.1 Å². The molecule has 2 aliphatic heterocycles. The van der Waals surface area contributed by atoms with Crippen molar-refractivity contribution in [1.29, 1.82) is 0 Å². The summed E-state index contributed by atoms with van der Waals surface area (Å²) >= 11 is 0. The van der Waals surface area contributed by atoms with Crippen molar-refractivity contribution in [2.75, 3.05) is 31.1 Å².